The van der Waals surface area contributed by atoms with E-state index in [0.717, 1.165) is 12.0 Å². The number of aliphatic hydroxyl groups excluding tert-OH is 1. The first-order valence-electron chi connectivity index (χ1n) is 14.4. The number of aliphatic carboxylic acids is 1. The van der Waals surface area contributed by atoms with Crippen molar-refractivity contribution in [1.82, 2.24) is 9.62 Å². The Hall–Kier alpha value is -3.23. The van der Waals surface area contributed by atoms with Crippen LogP contribution in [0, 0.1) is 11.8 Å². The number of nitrogens with zero attached hydrogens (tertiary/aromatic N) is 1. The minimum atomic E-state index is -3.93. The number of nitrogen functional groups attached to an aromatic ring is 1. The number of anilines is 1. The summed E-state index contributed by atoms with van der Waals surface area (Å²) in [7, 11) is -3.93. The maximum atomic E-state index is 13.5. The van der Waals surface area contributed by atoms with Crippen LogP contribution in [0.1, 0.15) is 39.2 Å². The van der Waals surface area contributed by atoms with Crippen molar-refractivity contribution < 1.29 is 42.4 Å². The highest BCUT2D eigenvalue weighted by Gasteiger charge is 2.44. The van der Waals surface area contributed by atoms with Crippen LogP contribution in [0.15, 0.2) is 59.5 Å². The molecule has 12 nitrogen and oxygen atoms in total. The lowest BCUT2D eigenvalue weighted by molar-refractivity contribution is -0.136. The van der Waals surface area contributed by atoms with E-state index in [1.54, 1.807) is 6.92 Å². The number of carbonyl (C=O) groups is 2. The third-order valence-corrected chi connectivity index (χ3v) is 8.94. The molecule has 1 amide bonds. The number of ether oxygens (including phenoxy) is 3. The van der Waals surface area contributed by atoms with Gasteiger partial charge in [-0.05, 0) is 48.6 Å². The summed E-state index contributed by atoms with van der Waals surface area (Å²) in [5.41, 5.74) is 7.07. The SMILES string of the molecule is CC(C)CN(C[C@@H](O)[C@H](Cc1ccccc1)NC(=O)O[C@H]1CO[C@H]2OCC[C@H]21)S(=O)(=O)c1ccc(N)cc1.CCC(=O)O. The maximum absolute atomic E-state index is 13.5. The molecule has 0 aromatic heterocycles. The van der Waals surface area contributed by atoms with Gasteiger partial charge in [0.25, 0.3) is 0 Å². The van der Waals surface area contributed by atoms with Crippen LogP contribution < -0.4 is 11.1 Å². The number of aliphatic hydroxyl groups is 1. The molecule has 2 aliphatic heterocycles. The summed E-state index contributed by atoms with van der Waals surface area (Å²) >= 11 is 0. The number of carbonyl (C=O) groups excluding carboxylic acids is 1. The minimum Gasteiger partial charge on any atom is -0.481 e. The van der Waals surface area contributed by atoms with Gasteiger partial charge in [-0.2, -0.15) is 4.31 Å². The molecule has 2 heterocycles. The number of rotatable bonds is 12. The van der Waals surface area contributed by atoms with Gasteiger partial charge in [0.1, 0.15) is 6.10 Å². The van der Waals surface area contributed by atoms with Crippen LogP contribution in [0.25, 0.3) is 0 Å². The molecular weight excluding hydrogens is 578 g/mol. The van der Waals surface area contributed by atoms with Gasteiger partial charge >= 0.3 is 12.1 Å². The summed E-state index contributed by atoms with van der Waals surface area (Å²) in [6.07, 6.45) is -1.46. The van der Waals surface area contributed by atoms with E-state index in [0.29, 0.717) is 12.3 Å². The predicted octanol–water partition coefficient (Wildman–Crippen LogP) is 2.86. The summed E-state index contributed by atoms with van der Waals surface area (Å²) < 4.78 is 44.9. The van der Waals surface area contributed by atoms with Crippen LogP contribution in [-0.4, -0.2) is 85.8 Å². The number of amides is 1. The first-order valence-corrected chi connectivity index (χ1v) is 15.8. The zero-order valence-corrected chi connectivity index (χ0v) is 25.6. The van der Waals surface area contributed by atoms with E-state index in [9.17, 15) is 23.1 Å². The van der Waals surface area contributed by atoms with Gasteiger partial charge < -0.3 is 35.5 Å². The lowest BCUT2D eigenvalue weighted by Crippen LogP contribution is -2.51. The van der Waals surface area contributed by atoms with Crippen LogP contribution in [0.4, 0.5) is 10.5 Å². The van der Waals surface area contributed by atoms with Crippen LogP contribution in [0.5, 0.6) is 0 Å². The Kier molecular flexibility index (Phi) is 12.8. The van der Waals surface area contributed by atoms with Crippen molar-refractivity contribution in [1.29, 1.82) is 0 Å². The van der Waals surface area contributed by atoms with E-state index < -0.39 is 40.3 Å². The molecule has 2 saturated heterocycles. The van der Waals surface area contributed by atoms with E-state index in [-0.39, 0.29) is 55.6 Å². The average Bonchev–Trinajstić information content (AvgIpc) is 3.58. The molecule has 0 radical (unpaired) electrons. The number of benzene rings is 2. The molecule has 2 aliphatic rings. The van der Waals surface area contributed by atoms with Crippen LogP contribution >= 0.6 is 0 Å². The lowest BCUT2D eigenvalue weighted by Gasteiger charge is -2.31. The topological polar surface area (TPSA) is 178 Å². The molecule has 0 bridgehead atoms. The molecule has 2 aromatic carbocycles. The van der Waals surface area contributed by atoms with E-state index in [1.165, 1.54) is 28.6 Å². The lowest BCUT2D eigenvalue weighted by atomic mass is 10.0. The number of alkyl carbamates (subject to hydrolysis) is 1. The second kappa shape index (κ2) is 16.0. The first kappa shape index (κ1) is 34.3. The quantitative estimate of drug-likeness (QED) is 0.258. The fourth-order valence-electron chi connectivity index (χ4n) is 4.82. The summed E-state index contributed by atoms with van der Waals surface area (Å²) in [5, 5.41) is 21.8. The van der Waals surface area contributed by atoms with Crippen LogP contribution in [0.3, 0.4) is 0 Å². The highest BCUT2D eigenvalue weighted by atomic mass is 32.2. The molecule has 4 rings (SSSR count). The van der Waals surface area contributed by atoms with Gasteiger partial charge in [0, 0.05) is 25.2 Å². The van der Waals surface area contributed by atoms with Gasteiger partial charge in [-0.3, -0.25) is 4.79 Å². The summed E-state index contributed by atoms with van der Waals surface area (Å²) in [6.45, 7) is 6.18. The molecule has 5 atom stereocenters. The minimum absolute atomic E-state index is 0.000183. The standard InChI is InChI=1S/C27H37N3O7S.C3H6O2/c1-18(2)15-30(38(33,34)21-10-8-20(28)9-11-21)16-24(31)23(14-19-6-4-3-5-7-19)29-27(32)37-25-17-36-26-22(25)12-13-35-26;1-2-3(4)5/h3-11,18,22-26,31H,12-17,28H2,1-2H3,(H,29,32);2H2,1H3,(H,4,5)/t22-,23-,24+,25-,26+;/m0./s1. The fourth-order valence-corrected chi connectivity index (χ4v) is 6.45. The van der Waals surface area contributed by atoms with E-state index >= 15 is 0 Å². The Morgan fingerprint density at radius 2 is 1.74 bits per heavy atom. The van der Waals surface area contributed by atoms with Gasteiger partial charge in [0.05, 0.1) is 36.2 Å². The maximum Gasteiger partial charge on any atom is 0.407 e. The molecule has 13 heteroatoms. The van der Waals surface area contributed by atoms with Crippen molar-refractivity contribution in [2.24, 2.45) is 11.8 Å². The summed E-state index contributed by atoms with van der Waals surface area (Å²) in [6, 6.07) is 14.5. The Morgan fingerprint density at radius 1 is 1.09 bits per heavy atom. The Labute approximate surface area is 253 Å². The zero-order valence-electron chi connectivity index (χ0n) is 24.8. The molecule has 0 unspecified atom stereocenters. The molecule has 238 valence electrons. The number of fused-ring (bicyclic) bond motifs is 1. The van der Waals surface area contributed by atoms with Gasteiger partial charge in [-0.1, -0.05) is 51.1 Å². The van der Waals surface area contributed by atoms with Gasteiger partial charge in [-0.25, -0.2) is 13.2 Å². The third kappa shape index (κ3) is 10.2. The normalized spacial score (nSPS) is 21.0. The monoisotopic (exact) mass is 621 g/mol. The Balaban J connectivity index is 0.000000934. The van der Waals surface area contributed by atoms with Crippen molar-refractivity contribution in [2.45, 2.75) is 69.5 Å². The Morgan fingerprint density at radius 3 is 2.35 bits per heavy atom. The summed E-state index contributed by atoms with van der Waals surface area (Å²) in [5.74, 6) is -0.768. The number of sulfonamides is 1. The molecule has 2 aromatic rings. The third-order valence-electron chi connectivity index (χ3n) is 7.09. The van der Waals surface area contributed by atoms with Crippen LogP contribution in [0.2, 0.25) is 0 Å². The highest BCUT2D eigenvalue weighted by Crippen LogP contribution is 2.33. The number of carboxylic acids is 1. The molecule has 43 heavy (non-hydrogen) atoms. The van der Waals surface area contributed by atoms with E-state index in [4.69, 9.17) is 25.1 Å². The molecular formula is C30H43N3O9S. The smallest absolute Gasteiger partial charge is 0.407 e. The number of nitrogens with two attached hydrogens (primary N) is 1. The average molecular weight is 622 g/mol. The zero-order chi connectivity index (χ0) is 31.6. The van der Waals surface area contributed by atoms with Crippen molar-refractivity contribution in [2.75, 3.05) is 32.0 Å². The highest BCUT2D eigenvalue weighted by molar-refractivity contribution is 7.89. The Bertz CT molecular complexity index is 1280. The van der Waals surface area contributed by atoms with Gasteiger partial charge in [-0.15, -0.1) is 0 Å². The second-order valence-corrected chi connectivity index (χ2v) is 12.9. The molecule has 0 spiro atoms. The number of carboxylic acid groups (broad SMARTS) is 1. The predicted molar refractivity (Wildman–Crippen MR) is 160 cm³/mol. The van der Waals surface area contributed by atoms with E-state index in [1.807, 2.05) is 44.2 Å². The molecule has 5 N–H and O–H groups in total. The van der Waals surface area contributed by atoms with Gasteiger partial charge in [0.15, 0.2) is 6.29 Å². The van der Waals surface area contributed by atoms with E-state index in [2.05, 4.69) is 5.32 Å². The van der Waals surface area contributed by atoms with Gasteiger partial charge in [0.2, 0.25) is 10.0 Å². The molecule has 0 aliphatic carbocycles. The van der Waals surface area contributed by atoms with Crippen LogP contribution in [-0.2, 0) is 35.4 Å². The fraction of sp³-hybridized carbons (Fsp3) is 0.533. The number of hydrogen-bond donors (Lipinski definition) is 4. The number of nitrogens with one attached hydrogen (secondary N) is 1. The summed E-state index contributed by atoms with van der Waals surface area (Å²) in [4.78, 5) is 22.4. The van der Waals surface area contributed by atoms with Crippen molar-refractivity contribution in [3.05, 3.63) is 60.2 Å². The molecule has 2 fully saturated rings. The van der Waals surface area contributed by atoms with Crippen molar-refractivity contribution >= 4 is 27.8 Å². The largest absolute Gasteiger partial charge is 0.481 e. The first-order chi connectivity index (χ1) is 20.4. The number of hydrogen-bond acceptors (Lipinski definition) is 9. The van der Waals surface area contributed by atoms with Crippen molar-refractivity contribution in [3.63, 3.8) is 0 Å². The molecule has 0 saturated carbocycles. The van der Waals surface area contributed by atoms with Crippen molar-refractivity contribution in [3.8, 4) is 0 Å². The second-order valence-electron chi connectivity index (χ2n) is 11.0.